The fraction of sp³-hybridized carbons (Fsp3) is 0.100. The maximum atomic E-state index is 5.99. The minimum atomic E-state index is 0.481. The van der Waals surface area contributed by atoms with E-state index in [1.165, 1.54) is 0 Å². The van der Waals surface area contributed by atoms with Gasteiger partial charge >= 0.3 is 0 Å². The van der Waals surface area contributed by atoms with Gasteiger partial charge in [-0.3, -0.25) is 0 Å². The van der Waals surface area contributed by atoms with Crippen molar-refractivity contribution in [3.63, 3.8) is 0 Å². The van der Waals surface area contributed by atoms with Gasteiger partial charge in [0.25, 0.3) is 0 Å². The van der Waals surface area contributed by atoms with Crippen molar-refractivity contribution >= 4 is 17.4 Å². The molecule has 0 radical (unpaired) electrons. The van der Waals surface area contributed by atoms with Crippen LogP contribution in [0.5, 0.6) is 17.5 Å². The van der Waals surface area contributed by atoms with Crippen LogP contribution in [-0.4, -0.2) is 28.0 Å². The number of imidazole rings is 1. The average Bonchev–Trinajstić information content (AvgIpc) is 3.07. The number of methoxy groups -OCH3 is 1. The van der Waals surface area contributed by atoms with Crippen molar-refractivity contribution in [2.75, 3.05) is 13.4 Å². The molecule has 130 valence electrons. The van der Waals surface area contributed by atoms with E-state index in [0.717, 1.165) is 21.9 Å². The standard InChI is InChI=1S/C20H17N3O2S/c1-24-20-19(14-8-4-3-5-9-14)21-17-12-13-18(22-23(17)20)25-15-10-6-7-11-16(15)26-2/h3-13H,1-2H3. The van der Waals surface area contributed by atoms with E-state index in [0.29, 0.717) is 17.4 Å². The van der Waals surface area contributed by atoms with E-state index in [4.69, 9.17) is 9.47 Å². The minimum Gasteiger partial charge on any atom is -0.479 e. The summed E-state index contributed by atoms with van der Waals surface area (Å²) in [5, 5.41) is 4.56. The van der Waals surface area contributed by atoms with Gasteiger partial charge in [-0.1, -0.05) is 42.5 Å². The first-order valence-electron chi connectivity index (χ1n) is 8.10. The summed E-state index contributed by atoms with van der Waals surface area (Å²) in [5.74, 6) is 1.83. The largest absolute Gasteiger partial charge is 0.479 e. The molecule has 2 aromatic carbocycles. The van der Waals surface area contributed by atoms with Crippen LogP contribution in [0.1, 0.15) is 0 Å². The van der Waals surface area contributed by atoms with Crippen LogP contribution in [-0.2, 0) is 0 Å². The zero-order valence-corrected chi connectivity index (χ0v) is 15.2. The van der Waals surface area contributed by atoms with Crippen LogP contribution in [0.4, 0.5) is 0 Å². The maximum Gasteiger partial charge on any atom is 0.243 e. The highest BCUT2D eigenvalue weighted by atomic mass is 32.2. The van der Waals surface area contributed by atoms with E-state index < -0.39 is 0 Å². The van der Waals surface area contributed by atoms with Crippen LogP contribution in [0.25, 0.3) is 16.9 Å². The first kappa shape index (κ1) is 16.5. The SMILES string of the molecule is COc1c(-c2ccccc2)nc2ccc(Oc3ccccc3SC)nn12. The molecule has 0 atom stereocenters. The van der Waals surface area contributed by atoms with Gasteiger partial charge in [-0.15, -0.1) is 16.9 Å². The Bertz CT molecular complexity index is 1050. The summed E-state index contributed by atoms with van der Waals surface area (Å²) in [6.45, 7) is 0. The molecule has 0 aliphatic heterocycles. The van der Waals surface area contributed by atoms with Crippen molar-refractivity contribution in [3.8, 4) is 28.8 Å². The van der Waals surface area contributed by atoms with Crippen molar-refractivity contribution < 1.29 is 9.47 Å². The summed E-state index contributed by atoms with van der Waals surface area (Å²) in [7, 11) is 1.62. The second-order valence-electron chi connectivity index (χ2n) is 5.53. The number of rotatable bonds is 5. The molecule has 4 aromatic rings. The van der Waals surface area contributed by atoms with Crippen molar-refractivity contribution in [2.45, 2.75) is 4.90 Å². The maximum absolute atomic E-state index is 5.99. The van der Waals surface area contributed by atoms with Crippen molar-refractivity contribution in [2.24, 2.45) is 0 Å². The molecular weight excluding hydrogens is 346 g/mol. The van der Waals surface area contributed by atoms with E-state index >= 15 is 0 Å². The number of ether oxygens (including phenoxy) is 2. The van der Waals surface area contributed by atoms with Gasteiger partial charge in [-0.05, 0) is 24.5 Å². The lowest BCUT2D eigenvalue weighted by Gasteiger charge is -2.09. The van der Waals surface area contributed by atoms with Crippen LogP contribution < -0.4 is 9.47 Å². The van der Waals surface area contributed by atoms with Crippen LogP contribution in [0.2, 0.25) is 0 Å². The molecule has 2 heterocycles. The van der Waals surface area contributed by atoms with Crippen LogP contribution >= 0.6 is 11.8 Å². The second kappa shape index (κ2) is 7.09. The van der Waals surface area contributed by atoms with Gasteiger partial charge < -0.3 is 9.47 Å². The van der Waals surface area contributed by atoms with Crippen LogP contribution in [0.3, 0.4) is 0 Å². The molecule has 0 aliphatic carbocycles. The summed E-state index contributed by atoms with van der Waals surface area (Å²) in [4.78, 5) is 5.70. The van der Waals surface area contributed by atoms with Gasteiger partial charge in [0.2, 0.25) is 11.8 Å². The molecule has 6 heteroatoms. The number of hydrogen-bond acceptors (Lipinski definition) is 5. The molecule has 4 rings (SSSR count). The Morgan fingerprint density at radius 1 is 0.923 bits per heavy atom. The highest BCUT2D eigenvalue weighted by Crippen LogP contribution is 2.33. The van der Waals surface area contributed by atoms with Gasteiger partial charge in [0, 0.05) is 16.5 Å². The van der Waals surface area contributed by atoms with Crippen molar-refractivity contribution in [1.29, 1.82) is 0 Å². The van der Waals surface area contributed by atoms with Gasteiger partial charge in [0.05, 0.1) is 7.11 Å². The zero-order chi connectivity index (χ0) is 17.9. The summed E-state index contributed by atoms with van der Waals surface area (Å²) in [5.41, 5.74) is 2.43. The number of fused-ring (bicyclic) bond motifs is 1. The van der Waals surface area contributed by atoms with Crippen molar-refractivity contribution in [3.05, 3.63) is 66.7 Å². The third kappa shape index (κ3) is 2.99. The third-order valence-electron chi connectivity index (χ3n) is 3.94. The lowest BCUT2D eigenvalue weighted by Crippen LogP contribution is -1.98. The van der Waals surface area contributed by atoms with Gasteiger partial charge in [0.1, 0.15) is 11.4 Å². The Balaban J connectivity index is 1.77. The molecule has 0 unspecified atom stereocenters. The normalized spacial score (nSPS) is 10.8. The summed E-state index contributed by atoms with van der Waals surface area (Å²) < 4.78 is 13.2. The topological polar surface area (TPSA) is 48.7 Å². The minimum absolute atomic E-state index is 0.481. The number of para-hydroxylation sites is 1. The monoisotopic (exact) mass is 363 g/mol. The zero-order valence-electron chi connectivity index (χ0n) is 14.4. The summed E-state index contributed by atoms with van der Waals surface area (Å²) >= 11 is 1.63. The summed E-state index contributed by atoms with van der Waals surface area (Å²) in [6.07, 6.45) is 2.02. The quantitative estimate of drug-likeness (QED) is 0.471. The van der Waals surface area contributed by atoms with Crippen LogP contribution in [0.15, 0.2) is 71.6 Å². The van der Waals surface area contributed by atoms with E-state index in [9.17, 15) is 0 Å². The molecule has 2 aromatic heterocycles. The number of hydrogen-bond donors (Lipinski definition) is 0. The lowest BCUT2D eigenvalue weighted by atomic mass is 10.2. The fourth-order valence-electron chi connectivity index (χ4n) is 2.73. The molecule has 0 fully saturated rings. The number of thioether (sulfide) groups is 1. The van der Waals surface area contributed by atoms with E-state index in [2.05, 4.69) is 10.1 Å². The van der Waals surface area contributed by atoms with Gasteiger partial charge in [-0.25, -0.2) is 4.98 Å². The average molecular weight is 363 g/mol. The molecule has 0 saturated heterocycles. The summed E-state index contributed by atoms with van der Waals surface area (Å²) in [6, 6.07) is 21.5. The first-order valence-corrected chi connectivity index (χ1v) is 9.32. The Morgan fingerprint density at radius 3 is 2.46 bits per heavy atom. The highest BCUT2D eigenvalue weighted by molar-refractivity contribution is 7.98. The highest BCUT2D eigenvalue weighted by Gasteiger charge is 2.16. The Hall–Kier alpha value is -2.99. The molecule has 0 saturated carbocycles. The van der Waals surface area contributed by atoms with E-state index in [1.54, 1.807) is 23.4 Å². The molecule has 0 bridgehead atoms. The number of benzene rings is 2. The Morgan fingerprint density at radius 2 is 1.69 bits per heavy atom. The molecule has 0 aliphatic rings. The van der Waals surface area contributed by atoms with E-state index in [1.807, 2.05) is 73.0 Å². The molecule has 0 amide bonds. The van der Waals surface area contributed by atoms with Crippen LogP contribution in [0, 0.1) is 0 Å². The first-order chi connectivity index (χ1) is 12.8. The smallest absolute Gasteiger partial charge is 0.243 e. The molecule has 26 heavy (non-hydrogen) atoms. The Labute approximate surface area is 155 Å². The number of aromatic nitrogens is 3. The van der Waals surface area contributed by atoms with Gasteiger partial charge in [0.15, 0.2) is 5.65 Å². The Kier molecular flexibility index (Phi) is 4.50. The fourth-order valence-corrected chi connectivity index (χ4v) is 3.26. The third-order valence-corrected chi connectivity index (χ3v) is 4.71. The molecular formula is C20H17N3O2S. The molecule has 0 spiro atoms. The molecule has 5 nitrogen and oxygen atoms in total. The predicted molar refractivity (Wildman–Crippen MR) is 103 cm³/mol. The van der Waals surface area contributed by atoms with Gasteiger partial charge in [-0.2, -0.15) is 4.52 Å². The number of nitrogens with zero attached hydrogens (tertiary/aromatic N) is 3. The predicted octanol–water partition coefficient (Wildman–Crippen LogP) is 4.92. The lowest BCUT2D eigenvalue weighted by molar-refractivity contribution is 0.381. The molecule has 0 N–H and O–H groups in total. The van der Waals surface area contributed by atoms with E-state index in [-0.39, 0.29) is 0 Å². The van der Waals surface area contributed by atoms with Crippen molar-refractivity contribution in [1.82, 2.24) is 14.6 Å². The second-order valence-corrected chi connectivity index (χ2v) is 6.38.